The van der Waals surface area contributed by atoms with Crippen molar-refractivity contribution in [2.45, 2.75) is 36.6 Å². The summed E-state index contributed by atoms with van der Waals surface area (Å²) in [6, 6.07) is 0. The largest absolute Gasteiger partial charge is 1.00 e. The second kappa shape index (κ2) is 6.38. The summed E-state index contributed by atoms with van der Waals surface area (Å²) in [7, 11) is -5.01. The molecule has 6 atom stereocenters. The minimum atomic E-state index is -5.01. The monoisotopic (exact) mass is 284 g/mol. The summed E-state index contributed by atoms with van der Waals surface area (Å²) in [5.74, 6) is 0. The van der Waals surface area contributed by atoms with E-state index in [2.05, 4.69) is 4.52 Å². The average molecular weight is 284 g/mol. The molecule has 1 saturated carbocycles. The van der Waals surface area contributed by atoms with Crippen LogP contribution in [-0.2, 0) is 9.09 Å². The van der Waals surface area contributed by atoms with Gasteiger partial charge in [-0.05, 0) is 0 Å². The van der Waals surface area contributed by atoms with E-state index in [1.54, 1.807) is 0 Å². The van der Waals surface area contributed by atoms with E-state index in [1.807, 2.05) is 0 Å². The maximum Gasteiger partial charge on any atom is 1.00 e. The van der Waals surface area contributed by atoms with Crippen LogP contribution in [0.3, 0.4) is 0 Å². The van der Waals surface area contributed by atoms with Crippen LogP contribution in [0.15, 0.2) is 0 Å². The zero-order valence-electron chi connectivity index (χ0n) is 9.86. The van der Waals surface area contributed by atoms with Gasteiger partial charge in [0, 0.05) is 0 Å². The molecule has 0 aromatic rings. The quantitative estimate of drug-likeness (QED) is 0.192. The van der Waals surface area contributed by atoms with Gasteiger partial charge in [-0.25, -0.2) is 4.57 Å². The van der Waals surface area contributed by atoms with Gasteiger partial charge in [-0.15, -0.1) is 0 Å². The number of aliphatic hydroxyl groups excluding tert-OH is 5. The van der Waals surface area contributed by atoms with Crippen LogP contribution in [0.5, 0.6) is 0 Å². The average Bonchev–Trinajstić information content (AvgIpc) is 2.17. The van der Waals surface area contributed by atoms with Gasteiger partial charge in [0.15, 0.2) is 0 Å². The standard InChI is InChI=1S/C6H13O9P.Na.H/c7-1-2(8)4(10)6(5(11)3(1)9)15-16(12,13)14;;/h1-11H,(H2,12,13,14);;/q;+1;-1/t1?,2-,3+,4-,5-,6?;;/m0../s1. The molecule has 1 aliphatic rings. The predicted molar refractivity (Wildman–Crippen MR) is 48.1 cm³/mol. The first-order valence-electron chi connectivity index (χ1n) is 4.29. The molecule has 0 aromatic heterocycles. The molecule has 1 fully saturated rings. The second-order valence-corrected chi connectivity index (χ2v) is 4.71. The van der Waals surface area contributed by atoms with Gasteiger partial charge in [0.25, 0.3) is 0 Å². The molecule has 7 N–H and O–H groups in total. The van der Waals surface area contributed by atoms with Crippen LogP contribution >= 0.6 is 7.82 Å². The van der Waals surface area contributed by atoms with Crippen LogP contribution in [0.25, 0.3) is 0 Å². The van der Waals surface area contributed by atoms with Crippen LogP contribution in [0.4, 0.5) is 0 Å². The fourth-order valence-electron chi connectivity index (χ4n) is 1.48. The minimum Gasteiger partial charge on any atom is -1.00 e. The summed E-state index contributed by atoms with van der Waals surface area (Å²) < 4.78 is 14.5. The Kier molecular flexibility index (Phi) is 6.72. The number of phosphoric ester groups is 1. The minimum absolute atomic E-state index is 0. The molecular formula is C6H14NaO9P. The van der Waals surface area contributed by atoms with Crippen molar-refractivity contribution in [2.75, 3.05) is 0 Å². The zero-order chi connectivity index (χ0) is 12.7. The number of rotatable bonds is 2. The molecule has 9 nitrogen and oxygen atoms in total. The van der Waals surface area contributed by atoms with Crippen LogP contribution in [-0.4, -0.2) is 71.9 Å². The van der Waals surface area contributed by atoms with E-state index in [9.17, 15) is 25.0 Å². The van der Waals surface area contributed by atoms with Crippen LogP contribution in [0, 0.1) is 0 Å². The van der Waals surface area contributed by atoms with Crippen molar-refractivity contribution in [1.82, 2.24) is 0 Å². The first-order valence-corrected chi connectivity index (χ1v) is 5.82. The van der Waals surface area contributed by atoms with Crippen molar-refractivity contribution < 1.29 is 75.4 Å². The Balaban J connectivity index is 0. The van der Waals surface area contributed by atoms with Crippen LogP contribution in [0.2, 0.25) is 0 Å². The van der Waals surface area contributed by atoms with Crippen molar-refractivity contribution in [3.63, 3.8) is 0 Å². The van der Waals surface area contributed by atoms with Crippen molar-refractivity contribution in [1.29, 1.82) is 0 Å². The molecule has 98 valence electrons. The van der Waals surface area contributed by atoms with Crippen molar-refractivity contribution >= 4 is 7.82 Å². The molecule has 0 aromatic carbocycles. The van der Waals surface area contributed by atoms with Gasteiger partial charge in [-0.2, -0.15) is 0 Å². The molecule has 2 unspecified atom stereocenters. The fraction of sp³-hybridized carbons (Fsp3) is 1.00. The second-order valence-electron chi connectivity index (χ2n) is 3.51. The number of phosphoric acid groups is 1. The molecule has 0 spiro atoms. The van der Waals surface area contributed by atoms with Crippen molar-refractivity contribution in [3.05, 3.63) is 0 Å². The van der Waals surface area contributed by atoms with E-state index < -0.39 is 44.4 Å². The Bertz CT molecular complexity index is 285. The fourth-order valence-corrected chi connectivity index (χ4v) is 2.05. The maximum atomic E-state index is 10.5. The van der Waals surface area contributed by atoms with Crippen molar-refractivity contribution in [2.24, 2.45) is 0 Å². The molecule has 17 heavy (non-hydrogen) atoms. The van der Waals surface area contributed by atoms with Crippen LogP contribution in [0.1, 0.15) is 1.43 Å². The van der Waals surface area contributed by atoms with Gasteiger partial charge in [-0.3, -0.25) is 4.52 Å². The SMILES string of the molecule is O=P(O)(O)OC1[C@@H](O)[C@H](O)C(O)[C@H](O)[C@@H]1O.[H-].[Na+]. The Morgan fingerprint density at radius 3 is 1.41 bits per heavy atom. The van der Waals surface area contributed by atoms with Gasteiger partial charge in [0.05, 0.1) is 0 Å². The van der Waals surface area contributed by atoms with E-state index in [4.69, 9.17) is 14.9 Å². The summed E-state index contributed by atoms with van der Waals surface area (Å²) in [5, 5.41) is 46.1. The van der Waals surface area contributed by atoms with Crippen molar-refractivity contribution in [3.8, 4) is 0 Å². The van der Waals surface area contributed by atoms with Gasteiger partial charge < -0.3 is 36.7 Å². The molecule has 0 bridgehead atoms. The predicted octanol–water partition coefficient (Wildman–Crippen LogP) is -6.60. The Morgan fingerprint density at radius 1 is 0.824 bits per heavy atom. The number of aliphatic hydroxyl groups is 5. The molecule has 0 radical (unpaired) electrons. The summed E-state index contributed by atoms with van der Waals surface area (Å²) in [4.78, 5) is 17.0. The normalized spacial score (nSPS) is 43.0. The summed E-state index contributed by atoms with van der Waals surface area (Å²) >= 11 is 0. The molecule has 0 saturated heterocycles. The topological polar surface area (TPSA) is 168 Å². The third-order valence-electron chi connectivity index (χ3n) is 2.33. The maximum absolute atomic E-state index is 10.5. The molecule has 0 amide bonds. The Morgan fingerprint density at radius 2 is 1.12 bits per heavy atom. The summed E-state index contributed by atoms with van der Waals surface area (Å²) in [5.41, 5.74) is 0. The van der Waals surface area contributed by atoms with Crippen LogP contribution < -0.4 is 29.6 Å². The molecule has 1 rings (SSSR count). The van der Waals surface area contributed by atoms with E-state index in [-0.39, 0.29) is 31.0 Å². The van der Waals surface area contributed by atoms with Gasteiger partial charge in [0.2, 0.25) is 0 Å². The number of hydrogen-bond acceptors (Lipinski definition) is 7. The molecule has 1 aliphatic carbocycles. The first kappa shape index (κ1) is 17.9. The first-order chi connectivity index (χ1) is 7.15. The smallest absolute Gasteiger partial charge is 1.00 e. The van der Waals surface area contributed by atoms with E-state index in [1.165, 1.54) is 0 Å². The third-order valence-corrected chi connectivity index (χ3v) is 2.85. The molecular weight excluding hydrogens is 270 g/mol. The Hall–Kier alpha value is 0.910. The van der Waals surface area contributed by atoms with Gasteiger partial charge in [-0.1, -0.05) is 0 Å². The van der Waals surface area contributed by atoms with E-state index >= 15 is 0 Å². The van der Waals surface area contributed by atoms with Gasteiger partial charge >= 0.3 is 37.4 Å². The van der Waals surface area contributed by atoms with Gasteiger partial charge in [0.1, 0.15) is 36.6 Å². The molecule has 0 heterocycles. The third kappa shape index (κ3) is 4.20. The number of hydrogen-bond donors (Lipinski definition) is 7. The summed E-state index contributed by atoms with van der Waals surface area (Å²) in [6.07, 6.45) is -11.3. The zero-order valence-corrected chi connectivity index (χ0v) is 11.8. The molecule has 11 heteroatoms. The molecule has 0 aliphatic heterocycles. The Labute approximate surface area is 120 Å². The van der Waals surface area contributed by atoms with E-state index in [0.717, 1.165) is 0 Å². The van der Waals surface area contributed by atoms with E-state index in [0.29, 0.717) is 0 Å². The summed E-state index contributed by atoms with van der Waals surface area (Å²) in [6.45, 7) is 0.